The third kappa shape index (κ3) is 7.48. The van der Waals surface area contributed by atoms with Gasteiger partial charge in [0, 0.05) is 39.3 Å². The molecule has 1 aromatic rings. The van der Waals surface area contributed by atoms with E-state index in [2.05, 4.69) is 9.62 Å². The van der Waals surface area contributed by atoms with Crippen molar-refractivity contribution < 1.29 is 18.0 Å². The summed E-state index contributed by atoms with van der Waals surface area (Å²) >= 11 is 1.57. The van der Waals surface area contributed by atoms with Gasteiger partial charge in [0.25, 0.3) is 0 Å². The Labute approximate surface area is 190 Å². The van der Waals surface area contributed by atoms with Crippen LogP contribution in [0.3, 0.4) is 0 Å². The number of amides is 2. The van der Waals surface area contributed by atoms with E-state index in [4.69, 9.17) is 0 Å². The minimum Gasteiger partial charge on any atom is -0.342 e. The third-order valence-corrected chi connectivity index (χ3v) is 7.55. The molecule has 1 heterocycles. The molecule has 0 spiro atoms. The summed E-state index contributed by atoms with van der Waals surface area (Å²) < 4.78 is 28.1. The number of carbonyl (C=O) groups excluding carboxylic acids is 2. The second-order valence-electron chi connectivity index (χ2n) is 7.44. The maximum absolute atomic E-state index is 13.1. The first-order valence-electron chi connectivity index (χ1n) is 10.7. The molecule has 1 aliphatic heterocycles. The topological polar surface area (TPSA) is 90.0 Å². The number of hydrogen-bond donors (Lipinski definition) is 1. The minimum atomic E-state index is -3.78. The molecule has 8 nitrogen and oxygen atoms in total. The highest BCUT2D eigenvalue weighted by molar-refractivity contribution is 7.98. The van der Waals surface area contributed by atoms with Crippen molar-refractivity contribution >= 4 is 33.6 Å². The van der Waals surface area contributed by atoms with Crippen molar-refractivity contribution in [2.75, 3.05) is 57.8 Å². The highest BCUT2D eigenvalue weighted by atomic mass is 32.2. The Morgan fingerprint density at radius 2 is 1.71 bits per heavy atom. The molecule has 0 saturated carbocycles. The number of piperazine rings is 1. The molecule has 1 unspecified atom stereocenters. The first-order chi connectivity index (χ1) is 14.8. The van der Waals surface area contributed by atoms with E-state index in [-0.39, 0.29) is 16.7 Å². The van der Waals surface area contributed by atoms with Crippen LogP contribution in [0.15, 0.2) is 35.2 Å². The fourth-order valence-corrected chi connectivity index (χ4v) is 5.25. The van der Waals surface area contributed by atoms with Gasteiger partial charge >= 0.3 is 0 Å². The van der Waals surface area contributed by atoms with E-state index in [1.54, 1.807) is 39.8 Å². The monoisotopic (exact) mass is 470 g/mol. The Morgan fingerprint density at radius 1 is 1.10 bits per heavy atom. The second kappa shape index (κ2) is 12.4. The van der Waals surface area contributed by atoms with Crippen LogP contribution in [0.25, 0.3) is 0 Å². The third-order valence-electron chi connectivity index (χ3n) is 5.42. The highest BCUT2D eigenvalue weighted by Crippen LogP contribution is 2.13. The maximum Gasteiger partial charge on any atom is 0.241 e. The summed E-state index contributed by atoms with van der Waals surface area (Å²) in [5.74, 6) is 0.563. The number of rotatable bonds is 11. The fourth-order valence-electron chi connectivity index (χ4n) is 3.54. The summed E-state index contributed by atoms with van der Waals surface area (Å²) in [4.78, 5) is 31.2. The number of benzene rings is 1. The first kappa shape index (κ1) is 25.6. The molecule has 0 bridgehead atoms. The van der Waals surface area contributed by atoms with Crippen molar-refractivity contribution in [2.24, 2.45) is 0 Å². The van der Waals surface area contributed by atoms with Gasteiger partial charge in [-0.15, -0.1) is 0 Å². The molecule has 2 amide bonds. The molecule has 1 aliphatic rings. The number of carbonyl (C=O) groups is 2. The zero-order chi connectivity index (χ0) is 22.9. The molecule has 1 saturated heterocycles. The summed E-state index contributed by atoms with van der Waals surface area (Å²) in [6.45, 7) is 7.80. The van der Waals surface area contributed by atoms with E-state index in [0.717, 1.165) is 0 Å². The van der Waals surface area contributed by atoms with Gasteiger partial charge in [-0.05, 0) is 44.4 Å². The summed E-state index contributed by atoms with van der Waals surface area (Å²) in [6, 6.07) is 7.30. The number of sulfonamides is 1. The highest BCUT2D eigenvalue weighted by Gasteiger charge is 2.31. The van der Waals surface area contributed by atoms with Gasteiger partial charge in [-0.3, -0.25) is 14.5 Å². The minimum absolute atomic E-state index is 0.0956. The molecule has 0 radical (unpaired) electrons. The van der Waals surface area contributed by atoms with E-state index < -0.39 is 16.1 Å². The maximum atomic E-state index is 13.1. The van der Waals surface area contributed by atoms with Crippen molar-refractivity contribution in [3.8, 4) is 0 Å². The van der Waals surface area contributed by atoms with Crippen LogP contribution < -0.4 is 4.72 Å². The lowest BCUT2D eigenvalue weighted by atomic mass is 10.2. The van der Waals surface area contributed by atoms with E-state index >= 15 is 0 Å². The molecule has 31 heavy (non-hydrogen) atoms. The molecule has 2 rings (SSSR count). The van der Waals surface area contributed by atoms with E-state index in [1.165, 1.54) is 12.1 Å². The van der Waals surface area contributed by atoms with Crippen LogP contribution in [-0.2, 0) is 19.6 Å². The van der Waals surface area contributed by atoms with Gasteiger partial charge in [0.2, 0.25) is 21.8 Å². The molecule has 0 aliphatic carbocycles. The summed E-state index contributed by atoms with van der Waals surface area (Å²) in [7, 11) is -3.78. The van der Waals surface area contributed by atoms with Crippen LogP contribution in [0.5, 0.6) is 0 Å². The zero-order valence-corrected chi connectivity index (χ0v) is 20.3. The molecule has 174 valence electrons. The molecule has 0 aromatic heterocycles. The van der Waals surface area contributed by atoms with Crippen LogP contribution in [0.1, 0.15) is 20.3 Å². The molecular formula is C21H34N4O4S2. The standard InChI is InChI=1S/C21H34N4O4S2/c1-4-24(5-2)20(26)17-23-12-14-25(15-13-23)21(27)19(11-16-30-3)22-31(28,29)18-9-7-6-8-10-18/h6-10,19,22H,4-5,11-17H2,1-3H3. The second-order valence-corrected chi connectivity index (χ2v) is 10.1. The quantitative estimate of drug-likeness (QED) is 0.521. The van der Waals surface area contributed by atoms with Crippen molar-refractivity contribution in [1.29, 1.82) is 0 Å². The molecule has 1 fully saturated rings. The Morgan fingerprint density at radius 3 is 2.26 bits per heavy atom. The van der Waals surface area contributed by atoms with Gasteiger partial charge in [0.05, 0.1) is 11.4 Å². The average Bonchev–Trinajstić information content (AvgIpc) is 2.78. The Hall–Kier alpha value is -1.62. The van der Waals surface area contributed by atoms with Gasteiger partial charge in [-0.2, -0.15) is 16.5 Å². The SMILES string of the molecule is CCN(CC)C(=O)CN1CCN(C(=O)C(CCSC)NS(=O)(=O)c2ccccc2)CC1. The van der Waals surface area contributed by atoms with Gasteiger partial charge in [-0.25, -0.2) is 8.42 Å². The number of nitrogens with one attached hydrogen (secondary N) is 1. The van der Waals surface area contributed by atoms with Crippen molar-refractivity contribution in [1.82, 2.24) is 19.4 Å². The molecule has 1 atom stereocenters. The molecule has 10 heteroatoms. The number of likely N-dealkylation sites (N-methyl/N-ethyl adjacent to an activating group) is 1. The number of thioether (sulfide) groups is 1. The van der Waals surface area contributed by atoms with Crippen molar-refractivity contribution in [3.63, 3.8) is 0 Å². The van der Waals surface area contributed by atoms with Crippen molar-refractivity contribution in [3.05, 3.63) is 30.3 Å². The number of nitrogens with zero attached hydrogens (tertiary/aromatic N) is 3. The summed E-state index contributed by atoms with van der Waals surface area (Å²) in [5.41, 5.74) is 0. The van der Waals surface area contributed by atoms with Crippen LogP contribution >= 0.6 is 11.8 Å². The molecule has 1 N–H and O–H groups in total. The Kier molecular flexibility index (Phi) is 10.3. The van der Waals surface area contributed by atoms with Gasteiger partial charge in [0.1, 0.15) is 6.04 Å². The fraction of sp³-hybridized carbons (Fsp3) is 0.619. The van der Waals surface area contributed by atoms with Gasteiger partial charge in [0.15, 0.2) is 0 Å². The van der Waals surface area contributed by atoms with Crippen LogP contribution in [0.2, 0.25) is 0 Å². The first-order valence-corrected chi connectivity index (χ1v) is 13.5. The van der Waals surface area contributed by atoms with Gasteiger partial charge in [-0.1, -0.05) is 18.2 Å². The predicted molar refractivity (Wildman–Crippen MR) is 124 cm³/mol. The number of hydrogen-bond acceptors (Lipinski definition) is 6. The lowest BCUT2D eigenvalue weighted by Crippen LogP contribution is -2.56. The van der Waals surface area contributed by atoms with Crippen molar-refractivity contribution in [2.45, 2.75) is 31.2 Å². The molecule has 1 aromatic carbocycles. The van der Waals surface area contributed by atoms with E-state index in [1.807, 2.05) is 20.1 Å². The predicted octanol–water partition coefficient (Wildman–Crippen LogP) is 1.10. The lowest BCUT2D eigenvalue weighted by Gasteiger charge is -2.36. The van der Waals surface area contributed by atoms with Gasteiger partial charge < -0.3 is 9.80 Å². The normalized spacial score (nSPS) is 16.2. The Balaban J connectivity index is 1.99. The molecular weight excluding hydrogens is 436 g/mol. The van der Waals surface area contributed by atoms with Crippen LogP contribution in [-0.4, -0.2) is 98.8 Å². The smallest absolute Gasteiger partial charge is 0.241 e. The Bertz CT molecular complexity index is 808. The lowest BCUT2D eigenvalue weighted by molar-refractivity contribution is -0.136. The van der Waals surface area contributed by atoms with E-state index in [9.17, 15) is 18.0 Å². The van der Waals surface area contributed by atoms with Crippen LogP contribution in [0, 0.1) is 0 Å². The average molecular weight is 471 g/mol. The summed E-state index contributed by atoms with van der Waals surface area (Å²) in [6.07, 6.45) is 2.35. The van der Waals surface area contributed by atoms with E-state index in [0.29, 0.717) is 58.0 Å². The van der Waals surface area contributed by atoms with Crippen LogP contribution in [0.4, 0.5) is 0 Å². The zero-order valence-electron chi connectivity index (χ0n) is 18.6. The largest absolute Gasteiger partial charge is 0.342 e. The summed E-state index contributed by atoms with van der Waals surface area (Å²) in [5, 5.41) is 0.